The van der Waals surface area contributed by atoms with Crippen molar-refractivity contribution >= 4 is 33.7 Å². The summed E-state index contributed by atoms with van der Waals surface area (Å²) in [6, 6.07) is 7.82. The lowest BCUT2D eigenvalue weighted by molar-refractivity contribution is -0.142. The zero-order valence-corrected chi connectivity index (χ0v) is 11.6. The molecular formula is C11H14BrNO2S. The van der Waals surface area contributed by atoms with Crippen LogP contribution >= 0.6 is 27.7 Å². The van der Waals surface area contributed by atoms with Crippen LogP contribution in [0.3, 0.4) is 0 Å². The molecule has 16 heavy (non-hydrogen) atoms. The third-order valence-corrected chi connectivity index (χ3v) is 4.15. The molecule has 0 radical (unpaired) electrons. The van der Waals surface area contributed by atoms with Gasteiger partial charge in [-0.05, 0) is 32.2 Å². The number of halogens is 1. The van der Waals surface area contributed by atoms with Gasteiger partial charge >= 0.3 is 5.97 Å². The SMILES string of the molecule is CNC(C)(CSc1cccc(Br)c1)C(=O)O. The van der Waals surface area contributed by atoms with Crippen LogP contribution in [0.15, 0.2) is 33.6 Å². The van der Waals surface area contributed by atoms with Crippen molar-refractivity contribution in [1.29, 1.82) is 0 Å². The standard InChI is InChI=1S/C11H14BrNO2S/c1-11(13-2,10(14)15)7-16-9-5-3-4-8(12)6-9/h3-6,13H,7H2,1-2H3,(H,14,15). The van der Waals surface area contributed by atoms with Crippen LogP contribution in [-0.4, -0.2) is 29.4 Å². The number of likely N-dealkylation sites (N-methyl/N-ethyl adjacent to an activating group) is 1. The number of aliphatic carboxylic acids is 1. The molecule has 1 atom stereocenters. The van der Waals surface area contributed by atoms with Gasteiger partial charge in [-0.2, -0.15) is 0 Å². The van der Waals surface area contributed by atoms with Crippen molar-refractivity contribution in [2.75, 3.05) is 12.8 Å². The van der Waals surface area contributed by atoms with Crippen molar-refractivity contribution < 1.29 is 9.90 Å². The predicted molar refractivity (Wildman–Crippen MR) is 70.0 cm³/mol. The molecule has 0 bridgehead atoms. The third kappa shape index (κ3) is 3.50. The van der Waals surface area contributed by atoms with Crippen LogP contribution < -0.4 is 5.32 Å². The van der Waals surface area contributed by atoms with Crippen molar-refractivity contribution in [3.63, 3.8) is 0 Å². The molecule has 0 aliphatic carbocycles. The van der Waals surface area contributed by atoms with E-state index in [0.29, 0.717) is 5.75 Å². The second-order valence-electron chi connectivity index (χ2n) is 3.63. The lowest BCUT2D eigenvalue weighted by atomic mass is 10.1. The maximum atomic E-state index is 11.1. The number of hydrogen-bond acceptors (Lipinski definition) is 3. The fourth-order valence-corrected chi connectivity index (χ4v) is 2.68. The maximum Gasteiger partial charge on any atom is 0.324 e. The molecule has 0 saturated carbocycles. The highest BCUT2D eigenvalue weighted by Gasteiger charge is 2.30. The molecule has 3 nitrogen and oxygen atoms in total. The molecule has 0 aliphatic rings. The first kappa shape index (κ1) is 13.5. The Morgan fingerprint density at radius 2 is 2.31 bits per heavy atom. The summed E-state index contributed by atoms with van der Waals surface area (Å²) < 4.78 is 0.999. The minimum absolute atomic E-state index is 0.481. The highest BCUT2D eigenvalue weighted by molar-refractivity contribution is 9.10. The molecule has 0 saturated heterocycles. The molecule has 0 spiro atoms. The summed E-state index contributed by atoms with van der Waals surface area (Å²) in [7, 11) is 1.66. The van der Waals surface area contributed by atoms with Gasteiger partial charge in [0.15, 0.2) is 0 Å². The highest BCUT2D eigenvalue weighted by atomic mass is 79.9. The predicted octanol–water partition coefficient (Wildman–Crippen LogP) is 2.60. The Balaban J connectivity index is 2.66. The Kier molecular flexibility index (Phi) is 4.83. The fourth-order valence-electron chi connectivity index (χ4n) is 1.03. The summed E-state index contributed by atoms with van der Waals surface area (Å²) in [5.41, 5.74) is -0.896. The van der Waals surface area contributed by atoms with E-state index < -0.39 is 11.5 Å². The molecule has 1 unspecified atom stereocenters. The van der Waals surface area contributed by atoms with Gasteiger partial charge in [-0.15, -0.1) is 11.8 Å². The molecule has 88 valence electrons. The van der Waals surface area contributed by atoms with Gasteiger partial charge in [0.25, 0.3) is 0 Å². The van der Waals surface area contributed by atoms with Gasteiger partial charge in [-0.3, -0.25) is 4.79 Å². The number of benzene rings is 1. The molecule has 0 amide bonds. The lowest BCUT2D eigenvalue weighted by Crippen LogP contribution is -2.49. The van der Waals surface area contributed by atoms with Gasteiger partial charge in [-0.25, -0.2) is 0 Å². The van der Waals surface area contributed by atoms with Gasteiger partial charge in [0.1, 0.15) is 5.54 Å². The van der Waals surface area contributed by atoms with Crippen molar-refractivity contribution in [2.45, 2.75) is 17.4 Å². The second-order valence-corrected chi connectivity index (χ2v) is 5.60. The molecule has 0 fully saturated rings. The summed E-state index contributed by atoms with van der Waals surface area (Å²) in [5.74, 6) is -0.354. The lowest BCUT2D eigenvalue weighted by Gasteiger charge is -2.23. The van der Waals surface area contributed by atoms with Crippen molar-refractivity contribution in [3.8, 4) is 0 Å². The second kappa shape index (κ2) is 5.70. The number of carbonyl (C=O) groups is 1. The molecule has 2 N–H and O–H groups in total. The van der Waals surface area contributed by atoms with E-state index in [2.05, 4.69) is 21.2 Å². The van der Waals surface area contributed by atoms with E-state index in [1.807, 2.05) is 24.3 Å². The van der Waals surface area contributed by atoms with E-state index in [4.69, 9.17) is 5.11 Å². The summed E-state index contributed by atoms with van der Waals surface area (Å²) in [5, 5.41) is 11.9. The van der Waals surface area contributed by atoms with Crippen molar-refractivity contribution in [2.24, 2.45) is 0 Å². The van der Waals surface area contributed by atoms with Gasteiger partial charge < -0.3 is 10.4 Å². The number of thioether (sulfide) groups is 1. The normalized spacial score (nSPS) is 14.4. The van der Waals surface area contributed by atoms with Gasteiger partial charge in [0.2, 0.25) is 0 Å². The average molecular weight is 304 g/mol. The van der Waals surface area contributed by atoms with E-state index >= 15 is 0 Å². The Labute approximate surface area is 108 Å². The smallest absolute Gasteiger partial charge is 0.324 e. The summed E-state index contributed by atoms with van der Waals surface area (Å²) in [4.78, 5) is 12.1. The Bertz CT molecular complexity index is 386. The highest BCUT2D eigenvalue weighted by Crippen LogP contribution is 2.25. The molecular weight excluding hydrogens is 290 g/mol. The number of carboxylic acid groups (broad SMARTS) is 1. The first-order chi connectivity index (χ1) is 7.48. The van der Waals surface area contributed by atoms with Crippen molar-refractivity contribution in [1.82, 2.24) is 5.32 Å². The van der Waals surface area contributed by atoms with Crippen molar-refractivity contribution in [3.05, 3.63) is 28.7 Å². The first-order valence-electron chi connectivity index (χ1n) is 4.78. The quantitative estimate of drug-likeness (QED) is 0.821. The topological polar surface area (TPSA) is 49.3 Å². The van der Waals surface area contributed by atoms with Crippen LogP contribution in [0, 0.1) is 0 Å². The summed E-state index contributed by atoms with van der Waals surface area (Å²) in [6.45, 7) is 1.68. The summed E-state index contributed by atoms with van der Waals surface area (Å²) in [6.07, 6.45) is 0. The maximum absolute atomic E-state index is 11.1. The van der Waals surface area contributed by atoms with E-state index in [0.717, 1.165) is 9.37 Å². The minimum atomic E-state index is -0.896. The first-order valence-corrected chi connectivity index (χ1v) is 6.56. The molecule has 5 heteroatoms. The minimum Gasteiger partial charge on any atom is -0.480 e. The Morgan fingerprint density at radius 3 is 2.81 bits per heavy atom. The Hall–Kier alpha value is -0.520. The van der Waals surface area contributed by atoms with Crippen LogP contribution in [0.1, 0.15) is 6.92 Å². The number of carboxylic acids is 1. The Morgan fingerprint density at radius 1 is 1.62 bits per heavy atom. The zero-order chi connectivity index (χ0) is 12.2. The molecule has 0 aromatic heterocycles. The van der Waals surface area contributed by atoms with Crippen LogP contribution in [0.5, 0.6) is 0 Å². The van der Waals surface area contributed by atoms with Gasteiger partial charge in [0, 0.05) is 15.1 Å². The molecule has 0 heterocycles. The summed E-state index contributed by atoms with van der Waals surface area (Å²) >= 11 is 4.90. The molecule has 1 aromatic rings. The monoisotopic (exact) mass is 303 g/mol. The largest absolute Gasteiger partial charge is 0.480 e. The zero-order valence-electron chi connectivity index (χ0n) is 9.16. The number of rotatable bonds is 5. The van der Waals surface area contributed by atoms with Gasteiger partial charge in [-0.1, -0.05) is 22.0 Å². The van der Waals surface area contributed by atoms with Crippen LogP contribution in [0.4, 0.5) is 0 Å². The number of hydrogen-bond donors (Lipinski definition) is 2. The molecule has 1 aromatic carbocycles. The fraction of sp³-hybridized carbons (Fsp3) is 0.364. The van der Waals surface area contributed by atoms with E-state index in [1.54, 1.807) is 14.0 Å². The van der Waals surface area contributed by atoms with Gasteiger partial charge in [0.05, 0.1) is 0 Å². The molecule has 0 aliphatic heterocycles. The van der Waals surface area contributed by atoms with E-state index in [1.165, 1.54) is 11.8 Å². The van der Waals surface area contributed by atoms with E-state index in [-0.39, 0.29) is 0 Å². The average Bonchev–Trinajstić information content (AvgIpc) is 2.26. The van der Waals surface area contributed by atoms with Crippen LogP contribution in [-0.2, 0) is 4.79 Å². The molecule has 1 rings (SSSR count). The van der Waals surface area contributed by atoms with Crippen LogP contribution in [0.2, 0.25) is 0 Å². The van der Waals surface area contributed by atoms with Crippen LogP contribution in [0.25, 0.3) is 0 Å². The van der Waals surface area contributed by atoms with E-state index in [9.17, 15) is 4.79 Å². The third-order valence-electron chi connectivity index (χ3n) is 2.35. The number of nitrogens with one attached hydrogen (secondary N) is 1.